The maximum absolute atomic E-state index is 12.3. The number of hydrogen-bond donors (Lipinski definition) is 1. The van der Waals surface area contributed by atoms with Crippen molar-refractivity contribution in [3.05, 3.63) is 53.2 Å². The Labute approximate surface area is 151 Å². The van der Waals surface area contributed by atoms with Crippen LogP contribution in [0, 0.1) is 0 Å². The summed E-state index contributed by atoms with van der Waals surface area (Å²) in [5, 5.41) is 9.85. The first-order valence-corrected chi connectivity index (χ1v) is 10.3. The van der Waals surface area contributed by atoms with Crippen LogP contribution >= 0.6 is 11.3 Å². The second-order valence-electron chi connectivity index (χ2n) is 5.85. The maximum Gasteiger partial charge on any atom is 0.257 e. The van der Waals surface area contributed by atoms with Gasteiger partial charge in [0, 0.05) is 13.0 Å². The number of aromatic nitrogens is 2. The van der Waals surface area contributed by atoms with Crippen LogP contribution in [0.1, 0.15) is 31.2 Å². The zero-order chi connectivity index (χ0) is 17.9. The zero-order valence-electron chi connectivity index (χ0n) is 14.0. The Bertz CT molecular complexity index is 914. The number of thiophene rings is 1. The molecular formula is C17H19N3O3S2. The minimum absolute atomic E-state index is 0.195. The smallest absolute Gasteiger partial charge is 0.257 e. The summed E-state index contributed by atoms with van der Waals surface area (Å²) in [5.41, 5.74) is 1.10. The Kier molecular flexibility index (Phi) is 5.31. The van der Waals surface area contributed by atoms with Crippen LogP contribution in [-0.2, 0) is 16.4 Å². The summed E-state index contributed by atoms with van der Waals surface area (Å²) < 4.78 is 32.7. The monoisotopic (exact) mass is 377 g/mol. The zero-order valence-corrected chi connectivity index (χ0v) is 15.6. The van der Waals surface area contributed by atoms with Crippen molar-refractivity contribution in [2.24, 2.45) is 0 Å². The van der Waals surface area contributed by atoms with E-state index in [0.29, 0.717) is 24.1 Å². The summed E-state index contributed by atoms with van der Waals surface area (Å²) in [4.78, 5) is 1.14. The maximum atomic E-state index is 12.3. The summed E-state index contributed by atoms with van der Waals surface area (Å²) in [6.45, 7) is 4.33. The number of benzene rings is 1. The van der Waals surface area contributed by atoms with E-state index in [1.165, 1.54) is 11.3 Å². The first kappa shape index (κ1) is 17.8. The van der Waals surface area contributed by atoms with Crippen LogP contribution in [0.5, 0.6) is 0 Å². The minimum atomic E-state index is -3.55. The molecule has 0 bridgehead atoms. The van der Waals surface area contributed by atoms with Crippen molar-refractivity contribution >= 4 is 21.4 Å². The predicted molar refractivity (Wildman–Crippen MR) is 97.0 cm³/mol. The molecule has 0 fully saturated rings. The quantitative estimate of drug-likeness (QED) is 0.682. The number of nitrogens with one attached hydrogen (secondary N) is 1. The molecule has 0 radical (unpaired) electrons. The summed E-state index contributed by atoms with van der Waals surface area (Å²) >= 11 is 1.51. The van der Waals surface area contributed by atoms with Gasteiger partial charge in [0.1, 0.15) is 0 Å². The topological polar surface area (TPSA) is 85.1 Å². The van der Waals surface area contributed by atoms with Crippen molar-refractivity contribution in [1.29, 1.82) is 0 Å². The van der Waals surface area contributed by atoms with Gasteiger partial charge in [0.15, 0.2) is 0 Å². The molecule has 3 aromatic rings. The summed E-state index contributed by atoms with van der Waals surface area (Å²) in [6, 6.07) is 10.7. The van der Waals surface area contributed by atoms with E-state index >= 15 is 0 Å². The first-order valence-electron chi connectivity index (χ1n) is 7.91. The summed E-state index contributed by atoms with van der Waals surface area (Å²) in [6.07, 6.45) is 0.335. The predicted octanol–water partition coefficient (Wildman–Crippen LogP) is 3.44. The minimum Gasteiger partial charge on any atom is -0.420 e. The summed E-state index contributed by atoms with van der Waals surface area (Å²) in [7, 11) is -3.55. The molecule has 1 N–H and O–H groups in total. The van der Waals surface area contributed by atoms with Crippen molar-refractivity contribution < 1.29 is 12.8 Å². The van der Waals surface area contributed by atoms with Crippen LogP contribution in [0.3, 0.4) is 0 Å². The van der Waals surface area contributed by atoms with Gasteiger partial charge in [-0.15, -0.1) is 21.5 Å². The van der Waals surface area contributed by atoms with Gasteiger partial charge in [-0.05, 0) is 35.1 Å². The SMILES string of the molecule is CC(C)c1ccc(S(=O)(=O)NCCc2nnc(-c3cccs3)o2)cc1. The average Bonchev–Trinajstić information content (AvgIpc) is 3.26. The Morgan fingerprint density at radius 1 is 1.16 bits per heavy atom. The van der Waals surface area contributed by atoms with Gasteiger partial charge in [0.2, 0.25) is 15.9 Å². The molecular weight excluding hydrogens is 358 g/mol. The third-order valence-corrected chi connectivity index (χ3v) is 6.02. The molecule has 0 atom stereocenters. The third-order valence-electron chi connectivity index (χ3n) is 3.69. The second kappa shape index (κ2) is 7.47. The average molecular weight is 377 g/mol. The van der Waals surface area contributed by atoms with Crippen LogP contribution in [-0.4, -0.2) is 25.2 Å². The lowest BCUT2D eigenvalue weighted by atomic mass is 10.0. The van der Waals surface area contributed by atoms with E-state index in [4.69, 9.17) is 4.42 Å². The molecule has 0 amide bonds. The van der Waals surface area contributed by atoms with E-state index in [-0.39, 0.29) is 11.4 Å². The Hall–Kier alpha value is -2.03. The molecule has 2 aromatic heterocycles. The van der Waals surface area contributed by atoms with Gasteiger partial charge in [-0.25, -0.2) is 13.1 Å². The van der Waals surface area contributed by atoms with Gasteiger partial charge in [0.05, 0.1) is 9.77 Å². The van der Waals surface area contributed by atoms with E-state index in [9.17, 15) is 8.42 Å². The van der Waals surface area contributed by atoms with E-state index in [2.05, 4.69) is 28.8 Å². The van der Waals surface area contributed by atoms with Gasteiger partial charge < -0.3 is 4.42 Å². The van der Waals surface area contributed by atoms with E-state index in [1.54, 1.807) is 12.1 Å². The van der Waals surface area contributed by atoms with Crippen LogP contribution in [0.15, 0.2) is 51.1 Å². The van der Waals surface area contributed by atoms with Crippen molar-refractivity contribution in [2.75, 3.05) is 6.54 Å². The van der Waals surface area contributed by atoms with Gasteiger partial charge in [-0.2, -0.15) is 0 Å². The fourth-order valence-electron chi connectivity index (χ4n) is 2.26. The molecule has 0 aliphatic carbocycles. The molecule has 0 saturated heterocycles. The van der Waals surface area contributed by atoms with Crippen molar-refractivity contribution in [1.82, 2.24) is 14.9 Å². The highest BCUT2D eigenvalue weighted by molar-refractivity contribution is 7.89. The highest BCUT2D eigenvalue weighted by Gasteiger charge is 2.15. The summed E-state index contributed by atoms with van der Waals surface area (Å²) in [5.74, 6) is 1.22. The Morgan fingerprint density at radius 2 is 1.92 bits per heavy atom. The van der Waals surface area contributed by atoms with Crippen LogP contribution in [0.25, 0.3) is 10.8 Å². The molecule has 3 rings (SSSR count). The van der Waals surface area contributed by atoms with Crippen LogP contribution in [0.4, 0.5) is 0 Å². The van der Waals surface area contributed by atoms with Crippen LogP contribution < -0.4 is 4.72 Å². The molecule has 132 valence electrons. The van der Waals surface area contributed by atoms with Gasteiger partial charge in [-0.1, -0.05) is 32.0 Å². The lowest BCUT2D eigenvalue weighted by Crippen LogP contribution is -2.26. The molecule has 0 saturated carbocycles. The fraction of sp³-hybridized carbons (Fsp3) is 0.294. The molecule has 8 heteroatoms. The fourth-order valence-corrected chi connectivity index (χ4v) is 3.94. The molecule has 2 heterocycles. The van der Waals surface area contributed by atoms with Crippen LogP contribution in [0.2, 0.25) is 0 Å². The lowest BCUT2D eigenvalue weighted by molar-refractivity contribution is 0.503. The molecule has 0 unspecified atom stereocenters. The molecule has 0 spiro atoms. The normalized spacial score (nSPS) is 12.0. The molecule has 0 aliphatic rings. The van der Waals surface area contributed by atoms with Gasteiger partial charge in [0.25, 0.3) is 5.89 Å². The second-order valence-corrected chi connectivity index (χ2v) is 8.56. The van der Waals surface area contributed by atoms with E-state index in [1.807, 2.05) is 29.6 Å². The van der Waals surface area contributed by atoms with Crippen molar-refractivity contribution in [2.45, 2.75) is 31.1 Å². The van der Waals surface area contributed by atoms with E-state index < -0.39 is 10.0 Å². The van der Waals surface area contributed by atoms with Crippen molar-refractivity contribution in [3.8, 4) is 10.8 Å². The molecule has 6 nitrogen and oxygen atoms in total. The number of hydrogen-bond acceptors (Lipinski definition) is 6. The van der Waals surface area contributed by atoms with E-state index in [0.717, 1.165) is 10.4 Å². The molecule has 0 aliphatic heterocycles. The number of rotatable bonds is 7. The first-order chi connectivity index (χ1) is 12.0. The molecule has 1 aromatic carbocycles. The standard InChI is InChI=1S/C17H19N3O3S2/c1-12(2)13-5-7-14(8-6-13)25(21,22)18-10-9-16-19-20-17(23-16)15-4-3-11-24-15/h3-8,11-12,18H,9-10H2,1-2H3. The van der Waals surface area contributed by atoms with Gasteiger partial charge in [-0.3, -0.25) is 0 Å². The highest BCUT2D eigenvalue weighted by Crippen LogP contribution is 2.23. The molecule has 25 heavy (non-hydrogen) atoms. The van der Waals surface area contributed by atoms with Gasteiger partial charge >= 0.3 is 0 Å². The third kappa shape index (κ3) is 4.33. The largest absolute Gasteiger partial charge is 0.420 e. The Balaban J connectivity index is 1.59. The Morgan fingerprint density at radius 3 is 2.56 bits per heavy atom. The highest BCUT2D eigenvalue weighted by atomic mass is 32.2. The number of nitrogens with zero attached hydrogens (tertiary/aromatic N) is 2. The lowest BCUT2D eigenvalue weighted by Gasteiger charge is -2.08. The number of sulfonamides is 1. The van der Waals surface area contributed by atoms with Crippen molar-refractivity contribution in [3.63, 3.8) is 0 Å².